The highest BCUT2D eigenvalue weighted by atomic mass is 19.1. The number of aliphatic hydroxyl groups is 1. The van der Waals surface area contributed by atoms with Gasteiger partial charge in [-0.1, -0.05) is 6.07 Å². The maximum absolute atomic E-state index is 12.9. The first-order chi connectivity index (χ1) is 6.77. The van der Waals surface area contributed by atoms with Crippen molar-refractivity contribution in [1.82, 2.24) is 0 Å². The first-order valence-corrected chi connectivity index (χ1v) is 4.65. The zero-order chi connectivity index (χ0) is 10.4. The highest BCUT2D eigenvalue weighted by Crippen LogP contribution is 2.14. The molecule has 0 aromatic heterocycles. The molecule has 0 spiro atoms. The van der Waals surface area contributed by atoms with Gasteiger partial charge in [0.05, 0.1) is 6.61 Å². The number of methoxy groups -OCH3 is 1. The molecule has 3 heteroatoms. The van der Waals surface area contributed by atoms with Crippen LogP contribution in [-0.4, -0.2) is 18.8 Å². The largest absolute Gasteiger partial charge is 0.396 e. The second-order valence-corrected chi connectivity index (χ2v) is 3.17. The van der Waals surface area contributed by atoms with Gasteiger partial charge in [-0.15, -0.1) is 0 Å². The first kappa shape index (κ1) is 11.1. The number of ether oxygens (including phenoxy) is 1. The van der Waals surface area contributed by atoms with Crippen molar-refractivity contribution in [3.8, 4) is 0 Å². The molecule has 0 amide bonds. The van der Waals surface area contributed by atoms with Crippen LogP contribution >= 0.6 is 0 Å². The number of benzene rings is 1. The number of aryl methyl sites for hydroxylation is 1. The fourth-order valence-corrected chi connectivity index (χ4v) is 1.40. The highest BCUT2D eigenvalue weighted by molar-refractivity contribution is 5.27. The molecule has 0 fully saturated rings. The van der Waals surface area contributed by atoms with Crippen LogP contribution in [-0.2, 0) is 17.8 Å². The minimum atomic E-state index is -0.246. The van der Waals surface area contributed by atoms with Gasteiger partial charge in [-0.05, 0) is 36.1 Å². The Hall–Kier alpha value is -0.930. The molecular formula is C11H15FO2. The minimum absolute atomic E-state index is 0.157. The Labute approximate surface area is 83.3 Å². The summed E-state index contributed by atoms with van der Waals surface area (Å²) in [5.41, 5.74) is 1.91. The number of rotatable bonds is 5. The molecule has 1 aromatic carbocycles. The fourth-order valence-electron chi connectivity index (χ4n) is 1.40. The number of halogens is 1. The second kappa shape index (κ2) is 5.73. The van der Waals surface area contributed by atoms with Gasteiger partial charge in [0.15, 0.2) is 0 Å². The molecule has 1 N–H and O–H groups in total. The first-order valence-electron chi connectivity index (χ1n) is 4.65. The van der Waals surface area contributed by atoms with Gasteiger partial charge in [0.25, 0.3) is 0 Å². The van der Waals surface area contributed by atoms with Crippen molar-refractivity contribution in [3.63, 3.8) is 0 Å². The summed E-state index contributed by atoms with van der Waals surface area (Å²) in [6.07, 6.45) is 1.46. The zero-order valence-corrected chi connectivity index (χ0v) is 8.29. The molecule has 0 saturated carbocycles. The molecule has 0 saturated heterocycles. The van der Waals surface area contributed by atoms with E-state index in [1.807, 2.05) is 0 Å². The Morgan fingerprint density at radius 1 is 1.36 bits per heavy atom. The molecule has 0 aliphatic rings. The number of aliphatic hydroxyl groups excluding tert-OH is 1. The molecule has 2 nitrogen and oxygen atoms in total. The van der Waals surface area contributed by atoms with E-state index in [0.717, 1.165) is 17.5 Å². The van der Waals surface area contributed by atoms with E-state index in [1.54, 1.807) is 13.2 Å². The van der Waals surface area contributed by atoms with E-state index in [2.05, 4.69) is 0 Å². The van der Waals surface area contributed by atoms with Crippen LogP contribution in [0.15, 0.2) is 18.2 Å². The van der Waals surface area contributed by atoms with E-state index < -0.39 is 0 Å². The SMILES string of the molecule is COCc1cc(F)ccc1CCCO. The summed E-state index contributed by atoms with van der Waals surface area (Å²) in [6, 6.07) is 4.67. The summed E-state index contributed by atoms with van der Waals surface area (Å²) in [5.74, 6) is -0.246. The van der Waals surface area contributed by atoms with Crippen molar-refractivity contribution in [1.29, 1.82) is 0 Å². The van der Waals surface area contributed by atoms with Gasteiger partial charge in [-0.3, -0.25) is 0 Å². The molecule has 14 heavy (non-hydrogen) atoms. The van der Waals surface area contributed by atoms with Crippen molar-refractivity contribution in [2.45, 2.75) is 19.4 Å². The van der Waals surface area contributed by atoms with Gasteiger partial charge in [0.1, 0.15) is 5.82 Å². The Balaban J connectivity index is 2.78. The van der Waals surface area contributed by atoms with Crippen LogP contribution in [0.5, 0.6) is 0 Å². The average molecular weight is 198 g/mol. The third-order valence-electron chi connectivity index (χ3n) is 2.07. The van der Waals surface area contributed by atoms with Crippen LogP contribution in [0.25, 0.3) is 0 Å². The second-order valence-electron chi connectivity index (χ2n) is 3.17. The molecule has 1 rings (SSSR count). The van der Waals surface area contributed by atoms with Crippen molar-refractivity contribution in [2.24, 2.45) is 0 Å². The number of hydrogen-bond acceptors (Lipinski definition) is 2. The Morgan fingerprint density at radius 3 is 2.79 bits per heavy atom. The summed E-state index contributed by atoms with van der Waals surface area (Å²) in [7, 11) is 1.58. The maximum atomic E-state index is 12.9. The van der Waals surface area contributed by atoms with Crippen LogP contribution in [0.2, 0.25) is 0 Å². The third kappa shape index (κ3) is 3.09. The molecule has 0 heterocycles. The van der Waals surface area contributed by atoms with Gasteiger partial charge in [0.2, 0.25) is 0 Å². The van der Waals surface area contributed by atoms with Crippen LogP contribution in [0, 0.1) is 5.82 Å². The lowest BCUT2D eigenvalue weighted by atomic mass is 10.0. The molecule has 0 aliphatic heterocycles. The lowest BCUT2D eigenvalue weighted by Gasteiger charge is -2.08. The van der Waals surface area contributed by atoms with Gasteiger partial charge in [-0.2, -0.15) is 0 Å². The van der Waals surface area contributed by atoms with Crippen LogP contribution in [0.4, 0.5) is 4.39 Å². The standard InChI is InChI=1S/C11H15FO2/c1-14-8-10-7-11(12)5-4-9(10)3-2-6-13/h4-5,7,13H,2-3,6,8H2,1H3. The predicted octanol–water partition coefficient (Wildman–Crippen LogP) is 1.90. The summed E-state index contributed by atoms with van der Waals surface area (Å²) in [5, 5.41) is 8.70. The Bertz CT molecular complexity index is 287. The molecule has 0 atom stereocenters. The smallest absolute Gasteiger partial charge is 0.123 e. The molecule has 0 radical (unpaired) electrons. The molecule has 78 valence electrons. The lowest BCUT2D eigenvalue weighted by Crippen LogP contribution is -1.98. The molecule has 0 bridgehead atoms. The van der Waals surface area contributed by atoms with Crippen molar-refractivity contribution in [3.05, 3.63) is 35.1 Å². The summed E-state index contributed by atoms with van der Waals surface area (Å²) >= 11 is 0. The van der Waals surface area contributed by atoms with E-state index in [9.17, 15) is 4.39 Å². The monoisotopic (exact) mass is 198 g/mol. The lowest BCUT2D eigenvalue weighted by molar-refractivity contribution is 0.183. The predicted molar refractivity (Wildman–Crippen MR) is 52.5 cm³/mol. The normalized spacial score (nSPS) is 10.5. The summed E-state index contributed by atoms with van der Waals surface area (Å²) in [4.78, 5) is 0. The topological polar surface area (TPSA) is 29.5 Å². The van der Waals surface area contributed by atoms with Crippen molar-refractivity contribution < 1.29 is 14.2 Å². The minimum Gasteiger partial charge on any atom is -0.396 e. The molecule has 0 unspecified atom stereocenters. The molecule has 1 aromatic rings. The van der Waals surface area contributed by atoms with E-state index in [0.29, 0.717) is 13.0 Å². The van der Waals surface area contributed by atoms with Crippen molar-refractivity contribution >= 4 is 0 Å². The summed E-state index contributed by atoms with van der Waals surface area (Å²) in [6.45, 7) is 0.572. The van der Waals surface area contributed by atoms with E-state index in [1.165, 1.54) is 12.1 Å². The maximum Gasteiger partial charge on any atom is 0.123 e. The van der Waals surface area contributed by atoms with Crippen LogP contribution in [0.1, 0.15) is 17.5 Å². The quantitative estimate of drug-likeness (QED) is 0.783. The highest BCUT2D eigenvalue weighted by Gasteiger charge is 2.03. The van der Waals surface area contributed by atoms with Crippen LogP contribution in [0.3, 0.4) is 0 Å². The average Bonchev–Trinajstić information content (AvgIpc) is 2.17. The van der Waals surface area contributed by atoms with Gasteiger partial charge >= 0.3 is 0 Å². The molecule has 0 aliphatic carbocycles. The third-order valence-corrected chi connectivity index (χ3v) is 2.07. The summed E-state index contributed by atoms with van der Waals surface area (Å²) < 4.78 is 17.9. The van der Waals surface area contributed by atoms with Gasteiger partial charge in [-0.25, -0.2) is 4.39 Å². The van der Waals surface area contributed by atoms with Crippen molar-refractivity contribution in [2.75, 3.05) is 13.7 Å². The van der Waals surface area contributed by atoms with Gasteiger partial charge in [0, 0.05) is 13.7 Å². The fraction of sp³-hybridized carbons (Fsp3) is 0.455. The van der Waals surface area contributed by atoms with E-state index in [-0.39, 0.29) is 12.4 Å². The van der Waals surface area contributed by atoms with E-state index in [4.69, 9.17) is 9.84 Å². The number of hydrogen-bond donors (Lipinski definition) is 1. The van der Waals surface area contributed by atoms with Crippen LogP contribution < -0.4 is 0 Å². The van der Waals surface area contributed by atoms with Gasteiger partial charge < -0.3 is 9.84 Å². The molecular weight excluding hydrogens is 183 g/mol. The Morgan fingerprint density at radius 2 is 2.14 bits per heavy atom. The van der Waals surface area contributed by atoms with E-state index >= 15 is 0 Å². The zero-order valence-electron chi connectivity index (χ0n) is 8.29. The Kier molecular flexibility index (Phi) is 4.56.